The van der Waals surface area contributed by atoms with Crippen molar-refractivity contribution in [3.63, 3.8) is 0 Å². The summed E-state index contributed by atoms with van der Waals surface area (Å²) >= 11 is 1.06. The van der Waals surface area contributed by atoms with Gasteiger partial charge in [0.05, 0.1) is 5.56 Å². The zero-order chi connectivity index (χ0) is 11.3. The molecule has 1 heterocycles. The van der Waals surface area contributed by atoms with Gasteiger partial charge in [-0.25, -0.2) is 4.79 Å². The molecule has 0 aromatic carbocycles. The molecule has 15 heavy (non-hydrogen) atoms. The van der Waals surface area contributed by atoms with Crippen molar-refractivity contribution in [2.75, 3.05) is 6.54 Å². The molecule has 0 bridgehead atoms. The van der Waals surface area contributed by atoms with Crippen molar-refractivity contribution in [3.8, 4) is 0 Å². The molecule has 0 aliphatic rings. The van der Waals surface area contributed by atoms with E-state index in [9.17, 15) is 9.59 Å². The molecule has 2 N–H and O–H groups in total. The van der Waals surface area contributed by atoms with E-state index in [1.54, 1.807) is 5.38 Å². The van der Waals surface area contributed by atoms with Crippen molar-refractivity contribution in [2.24, 2.45) is 0 Å². The van der Waals surface area contributed by atoms with Gasteiger partial charge >= 0.3 is 5.97 Å². The molecule has 1 aromatic heterocycles. The van der Waals surface area contributed by atoms with Crippen LogP contribution in [0, 0.1) is 0 Å². The van der Waals surface area contributed by atoms with Crippen LogP contribution in [-0.2, 0) is 0 Å². The van der Waals surface area contributed by atoms with Gasteiger partial charge in [-0.05, 0) is 17.9 Å². The van der Waals surface area contributed by atoms with E-state index in [0.29, 0.717) is 6.54 Å². The molecular weight excluding hydrogens is 214 g/mol. The maximum Gasteiger partial charge on any atom is 0.346 e. The van der Waals surface area contributed by atoms with Gasteiger partial charge in [0, 0.05) is 6.54 Å². The Labute approximate surface area is 91.9 Å². The third-order valence-corrected chi connectivity index (χ3v) is 2.82. The minimum absolute atomic E-state index is 0.101. The molecule has 0 radical (unpaired) electrons. The molecule has 1 aromatic rings. The third-order valence-electron chi connectivity index (χ3n) is 1.92. The highest BCUT2D eigenvalue weighted by Gasteiger charge is 2.17. The highest BCUT2D eigenvalue weighted by molar-refractivity contribution is 7.12. The van der Waals surface area contributed by atoms with Crippen LogP contribution in [0.1, 0.15) is 39.8 Å². The molecule has 4 nitrogen and oxygen atoms in total. The van der Waals surface area contributed by atoms with Gasteiger partial charge in [-0.15, -0.1) is 11.3 Å². The Morgan fingerprint density at radius 2 is 2.27 bits per heavy atom. The first-order chi connectivity index (χ1) is 7.16. The second-order valence-corrected chi connectivity index (χ2v) is 3.99. The molecule has 1 amide bonds. The van der Waals surface area contributed by atoms with Crippen LogP contribution < -0.4 is 5.32 Å². The molecule has 0 aliphatic heterocycles. The van der Waals surface area contributed by atoms with Crippen LogP contribution in [0.15, 0.2) is 11.4 Å². The number of nitrogens with one attached hydrogen (secondary N) is 1. The maximum atomic E-state index is 11.5. The van der Waals surface area contributed by atoms with Crippen LogP contribution >= 0.6 is 11.3 Å². The lowest BCUT2D eigenvalue weighted by molar-refractivity contribution is 0.0696. The number of thiophene rings is 1. The maximum absolute atomic E-state index is 11.5. The quantitative estimate of drug-likeness (QED) is 0.756. The van der Waals surface area contributed by atoms with Gasteiger partial charge in [0.25, 0.3) is 5.91 Å². The number of rotatable bonds is 5. The molecular formula is C10H13NO3S. The van der Waals surface area contributed by atoms with Crippen molar-refractivity contribution >= 4 is 23.2 Å². The predicted octanol–water partition coefficient (Wildman–Crippen LogP) is 1.98. The predicted molar refractivity (Wildman–Crippen MR) is 58.5 cm³/mol. The number of amides is 1. The SMILES string of the molecule is CCCCNC(=O)c1ccsc1C(=O)O. The molecule has 0 saturated carbocycles. The summed E-state index contributed by atoms with van der Waals surface area (Å²) in [5.74, 6) is -1.35. The van der Waals surface area contributed by atoms with Gasteiger partial charge in [0.2, 0.25) is 0 Å². The summed E-state index contributed by atoms with van der Waals surface area (Å²) in [5, 5.41) is 13.1. The minimum Gasteiger partial charge on any atom is -0.477 e. The van der Waals surface area contributed by atoms with E-state index in [4.69, 9.17) is 5.11 Å². The number of carbonyl (C=O) groups excluding carboxylic acids is 1. The average molecular weight is 227 g/mol. The fourth-order valence-electron chi connectivity index (χ4n) is 1.13. The molecule has 5 heteroatoms. The van der Waals surface area contributed by atoms with Crippen LogP contribution in [0.25, 0.3) is 0 Å². The van der Waals surface area contributed by atoms with Crippen molar-refractivity contribution in [1.29, 1.82) is 0 Å². The van der Waals surface area contributed by atoms with E-state index in [-0.39, 0.29) is 16.3 Å². The minimum atomic E-state index is -1.05. The highest BCUT2D eigenvalue weighted by atomic mass is 32.1. The fraction of sp³-hybridized carbons (Fsp3) is 0.400. The molecule has 0 fully saturated rings. The summed E-state index contributed by atoms with van der Waals surface area (Å²) in [6.07, 6.45) is 1.90. The van der Waals surface area contributed by atoms with Crippen molar-refractivity contribution in [1.82, 2.24) is 5.32 Å². The Balaban J connectivity index is 2.65. The molecule has 0 spiro atoms. The standard InChI is InChI=1S/C10H13NO3S/c1-2-3-5-11-9(12)7-4-6-15-8(7)10(13)14/h4,6H,2-3,5H2,1H3,(H,11,12)(H,13,14). The smallest absolute Gasteiger partial charge is 0.346 e. The third kappa shape index (κ3) is 3.06. The molecule has 1 rings (SSSR count). The molecule has 0 aliphatic carbocycles. The zero-order valence-electron chi connectivity index (χ0n) is 8.45. The first kappa shape index (κ1) is 11.7. The lowest BCUT2D eigenvalue weighted by Crippen LogP contribution is -2.25. The van der Waals surface area contributed by atoms with Gasteiger partial charge in [-0.3, -0.25) is 4.79 Å². The normalized spacial score (nSPS) is 9.93. The Bertz CT molecular complexity index is 359. The number of carboxylic acids is 1. The number of carboxylic acid groups (broad SMARTS) is 1. The largest absolute Gasteiger partial charge is 0.477 e. The zero-order valence-corrected chi connectivity index (χ0v) is 9.26. The van der Waals surface area contributed by atoms with Crippen LogP contribution in [0.4, 0.5) is 0 Å². The van der Waals surface area contributed by atoms with Gasteiger partial charge in [0.15, 0.2) is 0 Å². The van der Waals surface area contributed by atoms with Crippen molar-refractivity contribution in [3.05, 3.63) is 21.9 Å². The topological polar surface area (TPSA) is 66.4 Å². The van der Waals surface area contributed by atoms with Crippen LogP contribution in [0.2, 0.25) is 0 Å². The van der Waals surface area contributed by atoms with E-state index in [0.717, 1.165) is 24.2 Å². The summed E-state index contributed by atoms with van der Waals surface area (Å²) in [7, 11) is 0. The summed E-state index contributed by atoms with van der Waals surface area (Å²) in [5.41, 5.74) is 0.253. The number of unbranched alkanes of at least 4 members (excludes halogenated alkanes) is 1. The second-order valence-electron chi connectivity index (χ2n) is 3.08. The van der Waals surface area contributed by atoms with E-state index < -0.39 is 5.97 Å². The first-order valence-corrected chi connectivity index (χ1v) is 5.63. The van der Waals surface area contributed by atoms with E-state index in [2.05, 4.69) is 5.32 Å². The molecule has 0 unspecified atom stereocenters. The van der Waals surface area contributed by atoms with Gasteiger partial charge in [-0.1, -0.05) is 13.3 Å². The molecule has 0 atom stereocenters. The Morgan fingerprint density at radius 1 is 1.53 bits per heavy atom. The number of aromatic carboxylic acids is 1. The van der Waals surface area contributed by atoms with Crippen LogP contribution in [-0.4, -0.2) is 23.5 Å². The van der Waals surface area contributed by atoms with Gasteiger partial charge in [0.1, 0.15) is 4.88 Å². The second kappa shape index (κ2) is 5.50. The first-order valence-electron chi connectivity index (χ1n) is 4.75. The monoisotopic (exact) mass is 227 g/mol. The Kier molecular flexibility index (Phi) is 4.30. The van der Waals surface area contributed by atoms with E-state index >= 15 is 0 Å². The molecule has 82 valence electrons. The van der Waals surface area contributed by atoms with Gasteiger partial charge in [-0.2, -0.15) is 0 Å². The molecule has 0 saturated heterocycles. The average Bonchev–Trinajstić information content (AvgIpc) is 2.66. The van der Waals surface area contributed by atoms with Gasteiger partial charge < -0.3 is 10.4 Å². The summed E-state index contributed by atoms with van der Waals surface area (Å²) in [6, 6.07) is 1.54. The van der Waals surface area contributed by atoms with Crippen molar-refractivity contribution < 1.29 is 14.7 Å². The summed E-state index contributed by atoms with van der Waals surface area (Å²) in [4.78, 5) is 22.4. The Morgan fingerprint density at radius 3 is 2.87 bits per heavy atom. The summed E-state index contributed by atoms with van der Waals surface area (Å²) in [6.45, 7) is 2.61. The summed E-state index contributed by atoms with van der Waals surface area (Å²) < 4.78 is 0. The van der Waals surface area contributed by atoms with E-state index in [1.165, 1.54) is 6.07 Å². The van der Waals surface area contributed by atoms with E-state index in [1.807, 2.05) is 6.92 Å². The number of carbonyl (C=O) groups is 2. The Hall–Kier alpha value is -1.36. The number of hydrogen-bond acceptors (Lipinski definition) is 3. The van der Waals surface area contributed by atoms with Crippen LogP contribution in [0.5, 0.6) is 0 Å². The fourth-order valence-corrected chi connectivity index (χ4v) is 1.86. The highest BCUT2D eigenvalue weighted by Crippen LogP contribution is 2.16. The lowest BCUT2D eigenvalue weighted by Gasteiger charge is -2.02. The van der Waals surface area contributed by atoms with Crippen molar-refractivity contribution in [2.45, 2.75) is 19.8 Å². The lowest BCUT2D eigenvalue weighted by atomic mass is 10.2. The number of hydrogen-bond donors (Lipinski definition) is 2. The van der Waals surface area contributed by atoms with Crippen LogP contribution in [0.3, 0.4) is 0 Å².